The number of carbonyl (C=O) groups excluding carboxylic acids is 4. The van der Waals surface area contributed by atoms with Crippen molar-refractivity contribution >= 4 is 39.5 Å². The first-order valence-electron chi connectivity index (χ1n) is 37.5. The molecule has 0 aliphatic rings. The summed E-state index contributed by atoms with van der Waals surface area (Å²) in [6, 6.07) is 0. The van der Waals surface area contributed by atoms with Crippen molar-refractivity contribution < 1.29 is 80.2 Å². The third-order valence-electron chi connectivity index (χ3n) is 16.7. The summed E-state index contributed by atoms with van der Waals surface area (Å²) in [4.78, 5) is 72.6. The number of rotatable bonds is 71. The highest BCUT2D eigenvalue weighted by Crippen LogP contribution is 2.45. The SMILES string of the molecule is CCCCCCCCCCCCCCCC(=O)OC[C@H](COP(=O)(O)OC[C@@H](O)COP(=O)(O)OC[C@@H](COC(=O)CCCCCCCCCCCC)OC(=O)CCCCCCCCCC(C)C)OC(=O)CCCCCCCCCCCCCCCCCC(C)C. The number of hydrogen-bond acceptors (Lipinski definition) is 15. The summed E-state index contributed by atoms with van der Waals surface area (Å²) in [5, 5.41) is 10.6. The van der Waals surface area contributed by atoms with Crippen LogP contribution in [-0.4, -0.2) is 96.7 Å². The molecular weight excluding hydrogens is 1200 g/mol. The van der Waals surface area contributed by atoms with Gasteiger partial charge in [-0.15, -0.1) is 0 Å². The van der Waals surface area contributed by atoms with Crippen LogP contribution in [0.15, 0.2) is 0 Å². The van der Waals surface area contributed by atoms with Crippen molar-refractivity contribution in [3.8, 4) is 0 Å². The maximum atomic E-state index is 13.0. The van der Waals surface area contributed by atoms with Gasteiger partial charge in [0.25, 0.3) is 0 Å². The Morgan fingerprint density at radius 2 is 0.505 bits per heavy atom. The first kappa shape index (κ1) is 89.1. The Bertz CT molecular complexity index is 1770. The van der Waals surface area contributed by atoms with Crippen LogP contribution in [0.1, 0.15) is 369 Å². The van der Waals surface area contributed by atoms with Gasteiger partial charge in [0.1, 0.15) is 19.3 Å². The quantitative estimate of drug-likeness (QED) is 0.0222. The van der Waals surface area contributed by atoms with Gasteiger partial charge in [-0.05, 0) is 37.5 Å². The molecule has 0 spiro atoms. The molecule has 5 atom stereocenters. The number of phosphoric ester groups is 2. The predicted molar refractivity (Wildman–Crippen MR) is 368 cm³/mol. The molecule has 0 aromatic heterocycles. The van der Waals surface area contributed by atoms with E-state index >= 15 is 0 Å². The molecule has 0 fully saturated rings. The third kappa shape index (κ3) is 66.5. The lowest BCUT2D eigenvalue weighted by Gasteiger charge is -2.21. The number of ether oxygens (including phenoxy) is 4. The fraction of sp³-hybridized carbons (Fsp3) is 0.944. The fourth-order valence-electron chi connectivity index (χ4n) is 10.9. The number of aliphatic hydroxyl groups is 1. The minimum Gasteiger partial charge on any atom is -0.462 e. The Labute approximate surface area is 556 Å². The van der Waals surface area contributed by atoms with E-state index in [9.17, 15) is 43.2 Å². The van der Waals surface area contributed by atoms with Crippen LogP contribution in [0.5, 0.6) is 0 Å². The van der Waals surface area contributed by atoms with Crippen molar-refractivity contribution in [2.75, 3.05) is 39.6 Å². The summed E-state index contributed by atoms with van der Waals surface area (Å²) in [5.74, 6) is -0.624. The molecule has 3 N–H and O–H groups in total. The molecule has 17 nitrogen and oxygen atoms in total. The summed E-state index contributed by atoms with van der Waals surface area (Å²) in [6.45, 7) is 9.52. The average molecular weight is 1340 g/mol. The molecule has 0 aromatic rings. The van der Waals surface area contributed by atoms with Crippen molar-refractivity contribution in [1.82, 2.24) is 0 Å². The van der Waals surface area contributed by atoms with Crippen molar-refractivity contribution in [3.63, 3.8) is 0 Å². The number of phosphoric acid groups is 2. The lowest BCUT2D eigenvalue weighted by Crippen LogP contribution is -2.30. The molecule has 0 rings (SSSR count). The van der Waals surface area contributed by atoms with Gasteiger partial charge in [0.2, 0.25) is 0 Å². The van der Waals surface area contributed by atoms with Crippen molar-refractivity contribution in [1.29, 1.82) is 0 Å². The van der Waals surface area contributed by atoms with E-state index in [0.29, 0.717) is 31.6 Å². The Balaban J connectivity index is 5.22. The van der Waals surface area contributed by atoms with E-state index in [4.69, 9.17) is 37.0 Å². The minimum atomic E-state index is -4.95. The summed E-state index contributed by atoms with van der Waals surface area (Å²) in [6.07, 6.45) is 50.0. The van der Waals surface area contributed by atoms with E-state index in [1.165, 1.54) is 186 Å². The highest BCUT2D eigenvalue weighted by molar-refractivity contribution is 7.47. The number of unbranched alkanes of at least 4 members (excludes halogenated alkanes) is 41. The molecular formula is C72H140O17P2. The van der Waals surface area contributed by atoms with Crippen LogP contribution in [0.3, 0.4) is 0 Å². The van der Waals surface area contributed by atoms with E-state index in [-0.39, 0.29) is 25.7 Å². The normalized spacial score (nSPS) is 14.1. The monoisotopic (exact) mass is 1340 g/mol. The molecule has 0 aliphatic carbocycles. The second kappa shape index (κ2) is 64.1. The molecule has 91 heavy (non-hydrogen) atoms. The Morgan fingerprint density at radius 1 is 0.297 bits per heavy atom. The molecule has 0 saturated heterocycles. The first-order chi connectivity index (χ1) is 43.9. The number of hydrogen-bond donors (Lipinski definition) is 3. The van der Waals surface area contributed by atoms with E-state index in [1.54, 1.807) is 0 Å². The van der Waals surface area contributed by atoms with E-state index in [1.807, 2.05) is 0 Å². The highest BCUT2D eigenvalue weighted by Gasteiger charge is 2.30. The topological polar surface area (TPSA) is 237 Å². The maximum Gasteiger partial charge on any atom is 0.472 e. The van der Waals surface area contributed by atoms with Gasteiger partial charge >= 0.3 is 39.5 Å². The van der Waals surface area contributed by atoms with Crippen molar-refractivity contribution in [2.45, 2.75) is 387 Å². The molecule has 2 unspecified atom stereocenters. The smallest absolute Gasteiger partial charge is 0.462 e. The maximum absolute atomic E-state index is 13.0. The van der Waals surface area contributed by atoms with Crippen molar-refractivity contribution in [2.24, 2.45) is 11.8 Å². The van der Waals surface area contributed by atoms with E-state index < -0.39 is 97.5 Å². The van der Waals surface area contributed by atoms with Crippen LogP contribution in [0.2, 0.25) is 0 Å². The second-order valence-corrected chi connectivity index (χ2v) is 29.8. The molecule has 19 heteroatoms. The van der Waals surface area contributed by atoms with Gasteiger partial charge in [-0.3, -0.25) is 37.3 Å². The predicted octanol–water partition coefficient (Wildman–Crippen LogP) is 20.8. The number of carbonyl (C=O) groups is 4. The van der Waals surface area contributed by atoms with Crippen LogP contribution < -0.4 is 0 Å². The average Bonchev–Trinajstić information content (AvgIpc) is 3.54. The Hall–Kier alpha value is -1.94. The van der Waals surface area contributed by atoms with Crippen LogP contribution >= 0.6 is 15.6 Å². The minimum absolute atomic E-state index is 0.104. The largest absolute Gasteiger partial charge is 0.472 e. The standard InChI is InChI=1S/C72H140O17P2/c1-7-9-11-13-15-17-19-23-27-31-37-43-49-55-70(75)83-60-67(88-71(76)56-50-44-38-32-28-25-22-20-21-24-26-29-34-40-46-52-64(3)4)62-86-90(78,79)84-58-66(73)59-85-91(80,81)87-63-68(89-72(77)57-51-45-39-33-35-41-47-53-65(5)6)61-82-69(74)54-48-42-36-30-18-16-14-12-10-8-2/h64-68,73H,7-63H2,1-6H3,(H,78,79)(H,80,81)/t66-,67-,68-/m1/s1. The zero-order valence-electron chi connectivity index (χ0n) is 59.1. The molecule has 0 amide bonds. The third-order valence-corrected chi connectivity index (χ3v) is 18.6. The number of esters is 4. The molecule has 0 bridgehead atoms. The number of aliphatic hydroxyl groups excluding tert-OH is 1. The van der Waals surface area contributed by atoms with E-state index in [2.05, 4.69) is 41.5 Å². The highest BCUT2D eigenvalue weighted by atomic mass is 31.2. The van der Waals surface area contributed by atoms with Gasteiger partial charge in [0.15, 0.2) is 12.2 Å². The van der Waals surface area contributed by atoms with Gasteiger partial charge in [-0.2, -0.15) is 0 Å². The lowest BCUT2D eigenvalue weighted by molar-refractivity contribution is -0.161. The summed E-state index contributed by atoms with van der Waals surface area (Å²) < 4.78 is 68.3. The summed E-state index contributed by atoms with van der Waals surface area (Å²) in [5.41, 5.74) is 0. The molecule has 0 saturated carbocycles. The Kier molecular flexibility index (Phi) is 62.7. The molecule has 0 radical (unpaired) electrons. The zero-order chi connectivity index (χ0) is 67.2. The zero-order valence-corrected chi connectivity index (χ0v) is 60.9. The fourth-order valence-corrected chi connectivity index (χ4v) is 12.5. The lowest BCUT2D eigenvalue weighted by atomic mass is 10.0. The Morgan fingerprint density at radius 3 is 0.747 bits per heavy atom. The van der Waals surface area contributed by atoms with Gasteiger partial charge in [0, 0.05) is 25.7 Å². The second-order valence-electron chi connectivity index (χ2n) is 26.9. The molecule has 0 aliphatic heterocycles. The van der Waals surface area contributed by atoms with Crippen LogP contribution in [0.25, 0.3) is 0 Å². The van der Waals surface area contributed by atoms with Crippen LogP contribution in [0, 0.1) is 11.8 Å². The molecule has 0 aromatic carbocycles. The molecule has 0 heterocycles. The van der Waals surface area contributed by atoms with Crippen molar-refractivity contribution in [3.05, 3.63) is 0 Å². The molecule has 540 valence electrons. The van der Waals surface area contributed by atoms with E-state index in [0.717, 1.165) is 95.8 Å². The van der Waals surface area contributed by atoms with Gasteiger partial charge in [0.05, 0.1) is 26.4 Å². The first-order valence-corrected chi connectivity index (χ1v) is 40.5. The summed E-state index contributed by atoms with van der Waals surface area (Å²) >= 11 is 0. The van der Waals surface area contributed by atoms with Gasteiger partial charge in [-0.1, -0.05) is 318 Å². The summed E-state index contributed by atoms with van der Waals surface area (Å²) in [7, 11) is -9.90. The van der Waals surface area contributed by atoms with Gasteiger partial charge in [-0.25, -0.2) is 9.13 Å². The van der Waals surface area contributed by atoms with Gasteiger partial charge < -0.3 is 33.8 Å². The van der Waals surface area contributed by atoms with Crippen LogP contribution in [-0.2, 0) is 65.4 Å². The van der Waals surface area contributed by atoms with Crippen LogP contribution in [0.4, 0.5) is 0 Å².